The zero-order chi connectivity index (χ0) is 13.2. The van der Waals surface area contributed by atoms with E-state index in [2.05, 4.69) is 5.32 Å². The average molecular weight is 260 g/mol. The molecule has 2 rings (SSSR count). The van der Waals surface area contributed by atoms with Crippen molar-refractivity contribution in [1.82, 2.24) is 10.2 Å². The number of nitrogens with one attached hydrogen (secondary N) is 1. The second kappa shape index (κ2) is 5.51. The molecule has 2 aliphatic rings. The molecule has 2 fully saturated rings. The van der Waals surface area contributed by atoms with E-state index in [4.69, 9.17) is 0 Å². The Morgan fingerprint density at radius 3 is 2.78 bits per heavy atom. The zero-order valence-corrected chi connectivity index (χ0v) is 10.9. The molecule has 0 aromatic carbocycles. The van der Waals surface area contributed by atoms with Crippen molar-refractivity contribution in [2.24, 2.45) is 5.92 Å². The fraction of sp³-hybridized carbons (Fsp3) is 0.923. The number of carbonyl (C=O) groups excluding carboxylic acids is 1. The molecule has 0 bridgehead atoms. The second-order valence-corrected chi connectivity index (χ2v) is 5.66. The smallest absolute Gasteiger partial charge is 0.248 e. The lowest BCUT2D eigenvalue weighted by Crippen LogP contribution is -2.43. The molecule has 3 nitrogen and oxygen atoms in total. The molecule has 1 aliphatic carbocycles. The summed E-state index contributed by atoms with van der Waals surface area (Å²) in [5.41, 5.74) is 0. The molecule has 1 N–H and O–H groups in total. The van der Waals surface area contributed by atoms with E-state index < -0.39 is 11.8 Å². The van der Waals surface area contributed by atoms with E-state index in [1.165, 1.54) is 0 Å². The Bertz CT molecular complexity index is 303. The van der Waals surface area contributed by atoms with Crippen LogP contribution in [0, 0.1) is 5.92 Å². The van der Waals surface area contributed by atoms with E-state index >= 15 is 0 Å². The Morgan fingerprint density at radius 2 is 2.17 bits per heavy atom. The molecule has 2 unspecified atom stereocenters. The van der Waals surface area contributed by atoms with Gasteiger partial charge in [0.05, 0.1) is 0 Å². The van der Waals surface area contributed by atoms with E-state index in [0.717, 1.165) is 19.4 Å². The summed E-state index contributed by atoms with van der Waals surface area (Å²) in [5, 5.41) is 3.32. The molecule has 5 heteroatoms. The van der Waals surface area contributed by atoms with Gasteiger partial charge in [-0.2, -0.15) is 0 Å². The quantitative estimate of drug-likeness (QED) is 0.842. The highest BCUT2D eigenvalue weighted by Gasteiger charge is 2.40. The molecule has 2 atom stereocenters. The molecule has 1 aliphatic heterocycles. The van der Waals surface area contributed by atoms with Crippen LogP contribution >= 0.6 is 0 Å². The van der Waals surface area contributed by atoms with Gasteiger partial charge in [0.2, 0.25) is 11.8 Å². The lowest BCUT2D eigenvalue weighted by atomic mass is 9.85. The molecular formula is C13H22F2N2O. The minimum absolute atomic E-state index is 0.0648. The molecule has 1 amide bonds. The maximum absolute atomic E-state index is 13.3. The van der Waals surface area contributed by atoms with Crippen molar-refractivity contribution in [1.29, 1.82) is 0 Å². The van der Waals surface area contributed by atoms with Gasteiger partial charge >= 0.3 is 0 Å². The summed E-state index contributed by atoms with van der Waals surface area (Å²) in [4.78, 5) is 13.8. The van der Waals surface area contributed by atoms with Crippen LogP contribution in [0.3, 0.4) is 0 Å². The summed E-state index contributed by atoms with van der Waals surface area (Å²) in [6.07, 6.45) is 2.93. The molecule has 18 heavy (non-hydrogen) atoms. The Kier molecular flexibility index (Phi) is 4.20. The maximum Gasteiger partial charge on any atom is 0.248 e. The number of carbonyl (C=O) groups is 1. The third-order valence-corrected chi connectivity index (χ3v) is 4.02. The van der Waals surface area contributed by atoms with Gasteiger partial charge in [0.15, 0.2) is 0 Å². The Labute approximate surface area is 107 Å². The number of amides is 1. The lowest BCUT2D eigenvalue weighted by molar-refractivity contribution is -0.141. The van der Waals surface area contributed by atoms with E-state index in [1.54, 1.807) is 11.9 Å². The largest absolute Gasteiger partial charge is 0.344 e. The standard InChI is InChI=1S/C13H22F2N2O/c1-17(9-11-5-3-7-16-11)12(18)10-4-2-6-13(14,15)8-10/h10-11,16H,2-9H2,1H3. The van der Waals surface area contributed by atoms with Crippen molar-refractivity contribution in [3.8, 4) is 0 Å². The molecule has 1 saturated carbocycles. The number of likely N-dealkylation sites (N-methyl/N-ethyl adjacent to an activating group) is 1. The summed E-state index contributed by atoms with van der Waals surface area (Å²) in [6.45, 7) is 1.63. The molecule has 1 heterocycles. The molecule has 0 spiro atoms. The molecule has 0 aromatic rings. The molecular weight excluding hydrogens is 238 g/mol. The second-order valence-electron chi connectivity index (χ2n) is 5.66. The van der Waals surface area contributed by atoms with Crippen LogP contribution in [0.2, 0.25) is 0 Å². The SMILES string of the molecule is CN(CC1CCCN1)C(=O)C1CCCC(F)(F)C1. The summed E-state index contributed by atoms with van der Waals surface area (Å²) in [7, 11) is 1.73. The number of hydrogen-bond donors (Lipinski definition) is 1. The van der Waals surface area contributed by atoms with Gasteiger partial charge in [0, 0.05) is 38.4 Å². The van der Waals surface area contributed by atoms with Gasteiger partial charge in [-0.3, -0.25) is 4.79 Å². The fourth-order valence-corrected chi connectivity index (χ4v) is 3.03. The minimum atomic E-state index is -2.65. The van der Waals surface area contributed by atoms with Crippen LogP contribution in [0.1, 0.15) is 38.5 Å². The minimum Gasteiger partial charge on any atom is -0.344 e. The lowest BCUT2D eigenvalue weighted by Gasteiger charge is -2.31. The summed E-state index contributed by atoms with van der Waals surface area (Å²) in [5.74, 6) is -3.24. The van der Waals surface area contributed by atoms with Gasteiger partial charge in [-0.05, 0) is 32.2 Å². The predicted molar refractivity (Wildman–Crippen MR) is 65.6 cm³/mol. The predicted octanol–water partition coefficient (Wildman–Crippen LogP) is 2.02. The third kappa shape index (κ3) is 3.40. The first-order chi connectivity index (χ1) is 8.48. The fourth-order valence-electron chi connectivity index (χ4n) is 3.03. The van der Waals surface area contributed by atoms with Gasteiger partial charge in [0.25, 0.3) is 0 Å². The molecule has 0 aromatic heterocycles. The van der Waals surface area contributed by atoms with Crippen LogP contribution in [0.4, 0.5) is 8.78 Å². The Balaban J connectivity index is 1.85. The Morgan fingerprint density at radius 1 is 1.39 bits per heavy atom. The van der Waals surface area contributed by atoms with Gasteiger partial charge < -0.3 is 10.2 Å². The van der Waals surface area contributed by atoms with Crippen LogP contribution in [0.25, 0.3) is 0 Å². The molecule has 0 radical (unpaired) electrons. The van der Waals surface area contributed by atoms with Crippen LogP contribution in [-0.4, -0.2) is 42.9 Å². The van der Waals surface area contributed by atoms with E-state index in [0.29, 0.717) is 25.4 Å². The van der Waals surface area contributed by atoms with Crippen LogP contribution in [0.5, 0.6) is 0 Å². The number of nitrogens with zero attached hydrogens (tertiary/aromatic N) is 1. The first-order valence-corrected chi connectivity index (χ1v) is 6.84. The van der Waals surface area contributed by atoms with Crippen LogP contribution in [0.15, 0.2) is 0 Å². The van der Waals surface area contributed by atoms with E-state index in [9.17, 15) is 13.6 Å². The monoisotopic (exact) mass is 260 g/mol. The van der Waals surface area contributed by atoms with Crippen molar-refractivity contribution in [3.05, 3.63) is 0 Å². The van der Waals surface area contributed by atoms with Crippen LogP contribution < -0.4 is 5.32 Å². The zero-order valence-electron chi connectivity index (χ0n) is 10.9. The van der Waals surface area contributed by atoms with Crippen molar-refractivity contribution in [2.45, 2.75) is 50.5 Å². The van der Waals surface area contributed by atoms with Crippen molar-refractivity contribution < 1.29 is 13.6 Å². The topological polar surface area (TPSA) is 32.3 Å². The van der Waals surface area contributed by atoms with Gasteiger partial charge in [-0.25, -0.2) is 8.78 Å². The summed E-state index contributed by atoms with van der Waals surface area (Å²) in [6, 6.07) is 0.336. The summed E-state index contributed by atoms with van der Waals surface area (Å²) >= 11 is 0. The van der Waals surface area contributed by atoms with Gasteiger partial charge in [-0.1, -0.05) is 0 Å². The Hall–Kier alpha value is -0.710. The highest BCUT2D eigenvalue weighted by Crippen LogP contribution is 2.37. The van der Waals surface area contributed by atoms with E-state index in [-0.39, 0.29) is 18.7 Å². The number of hydrogen-bond acceptors (Lipinski definition) is 2. The number of rotatable bonds is 3. The van der Waals surface area contributed by atoms with E-state index in [1.807, 2.05) is 0 Å². The molecule has 104 valence electrons. The van der Waals surface area contributed by atoms with Gasteiger partial charge in [0.1, 0.15) is 0 Å². The summed E-state index contributed by atoms with van der Waals surface area (Å²) < 4.78 is 26.6. The van der Waals surface area contributed by atoms with Crippen molar-refractivity contribution in [3.63, 3.8) is 0 Å². The first-order valence-electron chi connectivity index (χ1n) is 6.84. The molecule has 1 saturated heterocycles. The van der Waals surface area contributed by atoms with Crippen molar-refractivity contribution in [2.75, 3.05) is 20.1 Å². The highest BCUT2D eigenvalue weighted by molar-refractivity contribution is 5.78. The average Bonchev–Trinajstić information content (AvgIpc) is 2.79. The normalized spacial score (nSPS) is 31.3. The third-order valence-electron chi connectivity index (χ3n) is 4.02. The number of halogens is 2. The van der Waals surface area contributed by atoms with Crippen molar-refractivity contribution >= 4 is 5.91 Å². The maximum atomic E-state index is 13.3. The first kappa shape index (κ1) is 13.7. The van der Waals surface area contributed by atoms with Crippen LogP contribution in [-0.2, 0) is 4.79 Å². The van der Waals surface area contributed by atoms with Gasteiger partial charge in [-0.15, -0.1) is 0 Å². The highest BCUT2D eigenvalue weighted by atomic mass is 19.3. The number of alkyl halides is 2.